The molecule has 0 amide bonds. The molecule has 0 saturated heterocycles. The van der Waals surface area contributed by atoms with Crippen molar-refractivity contribution >= 4 is 46.1 Å². The zero-order valence-corrected chi connectivity index (χ0v) is 15.9. The Balaban J connectivity index is 1.79. The van der Waals surface area contributed by atoms with Crippen LogP contribution in [0.3, 0.4) is 0 Å². The summed E-state index contributed by atoms with van der Waals surface area (Å²) >= 11 is 0. The largest absolute Gasteiger partial charge is 0.507 e. The molecule has 31 heavy (non-hydrogen) atoms. The first kappa shape index (κ1) is 19.8. The van der Waals surface area contributed by atoms with Crippen LogP contribution < -0.4 is 0 Å². The Hall–Kier alpha value is -4.52. The van der Waals surface area contributed by atoms with E-state index in [1.165, 1.54) is 0 Å². The van der Waals surface area contributed by atoms with Crippen molar-refractivity contribution in [3.05, 3.63) is 82.9 Å². The van der Waals surface area contributed by atoms with E-state index in [0.717, 1.165) is 12.1 Å². The lowest BCUT2D eigenvalue weighted by Crippen LogP contribution is -2.14. The second-order valence-electron chi connectivity index (χ2n) is 6.72. The number of rotatable bonds is 4. The van der Waals surface area contributed by atoms with Gasteiger partial charge in [0.15, 0.2) is 12.6 Å². The van der Waals surface area contributed by atoms with Gasteiger partial charge in [-0.25, -0.2) is 9.59 Å². The molecule has 7 nitrogen and oxygen atoms in total. The second-order valence-corrected chi connectivity index (χ2v) is 6.72. The zero-order valence-electron chi connectivity index (χ0n) is 15.9. The fourth-order valence-electron chi connectivity index (χ4n) is 3.55. The first-order valence-corrected chi connectivity index (χ1v) is 9.12. The molecule has 0 aromatic heterocycles. The summed E-state index contributed by atoms with van der Waals surface area (Å²) in [5, 5.41) is 21.6. The van der Waals surface area contributed by atoms with Crippen LogP contribution in [-0.4, -0.2) is 34.7 Å². The number of carbonyl (C=O) groups excluding carboxylic acids is 4. The van der Waals surface area contributed by atoms with E-state index in [9.17, 15) is 29.4 Å². The van der Waals surface area contributed by atoms with Gasteiger partial charge in [-0.2, -0.15) is 0 Å². The third kappa shape index (κ3) is 3.28. The monoisotopic (exact) mass is 414 g/mol. The summed E-state index contributed by atoms with van der Waals surface area (Å²) in [4.78, 5) is 48.2. The predicted molar refractivity (Wildman–Crippen MR) is 112 cm³/mol. The minimum absolute atomic E-state index is 0.0128. The minimum Gasteiger partial charge on any atom is -0.507 e. The molecule has 4 aromatic carbocycles. The molecule has 2 N–H and O–H groups in total. The molecular weight excluding hydrogens is 400 g/mol. The minimum atomic E-state index is -1.04. The first-order valence-electron chi connectivity index (χ1n) is 9.12. The third-order valence-corrected chi connectivity index (χ3v) is 4.99. The molecule has 0 fully saturated rings. The van der Waals surface area contributed by atoms with Crippen LogP contribution >= 0.6 is 0 Å². The van der Waals surface area contributed by atoms with Crippen LogP contribution in [0.4, 0.5) is 0 Å². The highest BCUT2D eigenvalue weighted by atomic mass is 16.6. The quantitative estimate of drug-likeness (QED) is 0.294. The van der Waals surface area contributed by atoms with Crippen LogP contribution in [0.15, 0.2) is 60.7 Å². The number of aldehydes is 2. The Bertz CT molecular complexity index is 1300. The molecule has 0 heterocycles. The van der Waals surface area contributed by atoms with Crippen molar-refractivity contribution < 1.29 is 34.1 Å². The third-order valence-electron chi connectivity index (χ3n) is 4.99. The molecule has 0 aliphatic carbocycles. The van der Waals surface area contributed by atoms with Crippen molar-refractivity contribution in [3.8, 4) is 11.5 Å². The highest BCUT2D eigenvalue weighted by molar-refractivity contribution is 6.16. The number of hydrogen-bond donors (Lipinski definition) is 2. The lowest BCUT2D eigenvalue weighted by atomic mass is 9.98. The van der Waals surface area contributed by atoms with Gasteiger partial charge in [-0.15, -0.1) is 0 Å². The number of phenolic OH excluding ortho intramolecular Hbond substituents is 2. The zero-order chi connectivity index (χ0) is 22.1. The number of fused-ring (bicyclic) bond motifs is 2. The van der Waals surface area contributed by atoms with Gasteiger partial charge in [-0.05, 0) is 33.7 Å². The van der Waals surface area contributed by atoms with Crippen LogP contribution in [0.2, 0.25) is 0 Å². The van der Waals surface area contributed by atoms with E-state index in [1.54, 1.807) is 48.5 Å². The van der Waals surface area contributed by atoms with Gasteiger partial charge in [-0.3, -0.25) is 9.59 Å². The van der Waals surface area contributed by atoms with Gasteiger partial charge in [0, 0.05) is 0 Å². The highest BCUT2D eigenvalue weighted by Crippen LogP contribution is 2.32. The van der Waals surface area contributed by atoms with E-state index < -0.39 is 23.4 Å². The van der Waals surface area contributed by atoms with Crippen LogP contribution in [0.25, 0.3) is 21.5 Å². The van der Waals surface area contributed by atoms with Gasteiger partial charge in [0.05, 0.1) is 22.3 Å². The molecule has 7 heteroatoms. The summed E-state index contributed by atoms with van der Waals surface area (Å²) in [5.41, 5.74) is -0.187. The van der Waals surface area contributed by atoms with E-state index in [1.807, 2.05) is 0 Å². The number of esters is 2. The standard InChI is InChI=1S/C24H14O7/c25-11-19-15-7-3-1-5-13(15)17(9-21(19)27)23(29)31-24(30)18-10-22(28)20(12-26)16-8-4-2-6-14(16)18/h1-12,27-28H. The van der Waals surface area contributed by atoms with Crippen molar-refractivity contribution in [3.63, 3.8) is 0 Å². The second kappa shape index (κ2) is 7.72. The van der Waals surface area contributed by atoms with Crippen LogP contribution in [-0.2, 0) is 4.74 Å². The fourth-order valence-corrected chi connectivity index (χ4v) is 3.55. The van der Waals surface area contributed by atoms with E-state index in [2.05, 4.69) is 0 Å². The number of phenols is 2. The number of benzene rings is 4. The van der Waals surface area contributed by atoms with Crippen LogP contribution in [0, 0.1) is 0 Å². The maximum atomic E-state index is 12.8. The molecule has 0 aliphatic rings. The lowest BCUT2D eigenvalue weighted by molar-refractivity contribution is 0.0399. The Morgan fingerprint density at radius 1 is 0.645 bits per heavy atom. The summed E-state index contributed by atoms with van der Waals surface area (Å²) in [6.45, 7) is 0. The van der Waals surface area contributed by atoms with E-state index >= 15 is 0 Å². The average molecular weight is 414 g/mol. The molecule has 4 aromatic rings. The van der Waals surface area contributed by atoms with Crippen molar-refractivity contribution in [2.24, 2.45) is 0 Å². The average Bonchev–Trinajstić information content (AvgIpc) is 2.78. The Morgan fingerprint density at radius 3 is 1.35 bits per heavy atom. The Labute approximate surface area is 175 Å². The summed E-state index contributed by atoms with van der Waals surface area (Å²) in [5.74, 6) is -2.94. The fraction of sp³-hybridized carbons (Fsp3) is 0. The molecule has 0 bridgehead atoms. The SMILES string of the molecule is O=Cc1c(O)cc(C(=O)OC(=O)c2cc(O)c(C=O)c3ccccc23)c2ccccc12. The Kier molecular flexibility index (Phi) is 4.92. The Morgan fingerprint density at radius 2 is 1.00 bits per heavy atom. The lowest BCUT2D eigenvalue weighted by Gasteiger charge is -2.12. The van der Waals surface area contributed by atoms with Gasteiger partial charge in [0.2, 0.25) is 0 Å². The van der Waals surface area contributed by atoms with Gasteiger partial charge in [0.25, 0.3) is 0 Å². The normalized spacial score (nSPS) is 10.7. The summed E-state index contributed by atoms with van der Waals surface area (Å²) < 4.78 is 5.02. The molecule has 0 unspecified atom stereocenters. The molecular formula is C24H14O7. The first-order chi connectivity index (χ1) is 15.0. The van der Waals surface area contributed by atoms with E-state index in [4.69, 9.17) is 4.74 Å². The van der Waals surface area contributed by atoms with E-state index in [0.29, 0.717) is 34.1 Å². The molecule has 0 atom stereocenters. The van der Waals surface area contributed by atoms with Gasteiger partial charge < -0.3 is 14.9 Å². The van der Waals surface area contributed by atoms with Crippen molar-refractivity contribution in [2.75, 3.05) is 0 Å². The number of carbonyl (C=O) groups is 4. The maximum Gasteiger partial charge on any atom is 0.346 e. The molecule has 152 valence electrons. The number of ether oxygens (including phenoxy) is 1. The van der Waals surface area contributed by atoms with E-state index in [-0.39, 0.29) is 22.3 Å². The van der Waals surface area contributed by atoms with Crippen LogP contribution in [0.1, 0.15) is 41.4 Å². The van der Waals surface area contributed by atoms with Crippen LogP contribution in [0.5, 0.6) is 11.5 Å². The molecule has 0 saturated carbocycles. The highest BCUT2D eigenvalue weighted by Gasteiger charge is 2.23. The topological polar surface area (TPSA) is 118 Å². The molecule has 0 spiro atoms. The van der Waals surface area contributed by atoms with Gasteiger partial charge in [-0.1, -0.05) is 48.5 Å². The van der Waals surface area contributed by atoms with Crippen molar-refractivity contribution in [1.82, 2.24) is 0 Å². The smallest absolute Gasteiger partial charge is 0.346 e. The molecule has 4 rings (SSSR count). The number of hydrogen-bond acceptors (Lipinski definition) is 7. The number of aromatic hydroxyl groups is 2. The predicted octanol–water partition coefficient (Wildman–Crippen LogP) is 4.03. The maximum absolute atomic E-state index is 12.8. The summed E-state index contributed by atoms with van der Waals surface area (Å²) in [7, 11) is 0. The van der Waals surface area contributed by atoms with Gasteiger partial charge in [0.1, 0.15) is 11.5 Å². The van der Waals surface area contributed by atoms with Crippen molar-refractivity contribution in [2.45, 2.75) is 0 Å². The molecule has 0 aliphatic heterocycles. The summed E-state index contributed by atoms with van der Waals surface area (Å²) in [6, 6.07) is 14.9. The van der Waals surface area contributed by atoms with Gasteiger partial charge >= 0.3 is 11.9 Å². The van der Waals surface area contributed by atoms with Crippen molar-refractivity contribution in [1.29, 1.82) is 0 Å². The molecule has 0 radical (unpaired) electrons. The summed E-state index contributed by atoms with van der Waals surface area (Å²) in [6.07, 6.45) is 0.947.